The van der Waals surface area contributed by atoms with Crippen LogP contribution in [0.4, 0.5) is 17.1 Å². The largest absolute Gasteiger partial charge is 0.490 e. The fourth-order valence-electron chi connectivity index (χ4n) is 8.72. The summed E-state index contributed by atoms with van der Waals surface area (Å²) in [6.45, 7) is 3.81. The number of esters is 1. The molecule has 8 rings (SSSR count). The van der Waals surface area contributed by atoms with E-state index in [1.165, 1.54) is 29.2 Å². The van der Waals surface area contributed by atoms with Crippen LogP contribution in [0.1, 0.15) is 47.0 Å². The van der Waals surface area contributed by atoms with Gasteiger partial charge in [0, 0.05) is 33.9 Å². The second-order valence-electron chi connectivity index (χ2n) is 13.5. The van der Waals surface area contributed by atoms with Gasteiger partial charge < -0.3 is 24.5 Å². The van der Waals surface area contributed by atoms with Gasteiger partial charge in [-0.3, -0.25) is 34.2 Å². The van der Waals surface area contributed by atoms with Crippen molar-refractivity contribution in [3.63, 3.8) is 0 Å². The monoisotopic (exact) mass is 770 g/mol. The quantitative estimate of drug-likeness (QED) is 0.0835. The zero-order chi connectivity index (χ0) is 37.8. The normalized spacial score (nSPS) is 24.8. The van der Waals surface area contributed by atoms with E-state index >= 15 is 0 Å². The Morgan fingerprint density at radius 2 is 1.65 bits per heavy atom. The van der Waals surface area contributed by atoms with E-state index in [0.717, 1.165) is 26.8 Å². The number of amides is 3. The van der Waals surface area contributed by atoms with Crippen molar-refractivity contribution in [1.29, 1.82) is 0 Å². The summed E-state index contributed by atoms with van der Waals surface area (Å²) in [6, 6.07) is 17.3. The topological polar surface area (TPSA) is 187 Å². The van der Waals surface area contributed by atoms with Crippen LogP contribution in [0.25, 0.3) is 0 Å². The second kappa shape index (κ2) is 14.1. The molecule has 4 unspecified atom stereocenters. The van der Waals surface area contributed by atoms with Crippen LogP contribution in [0, 0.1) is 39.7 Å². The van der Waals surface area contributed by atoms with E-state index in [2.05, 4.69) is 10.3 Å². The maximum Gasteiger partial charge on any atom is 0.338 e. The molecule has 16 heteroatoms. The minimum Gasteiger partial charge on any atom is -0.490 e. The molecule has 2 saturated carbocycles. The first kappa shape index (κ1) is 35.5. The van der Waals surface area contributed by atoms with Crippen LogP contribution in [0.15, 0.2) is 76.6 Å². The molecule has 278 valence electrons. The molecule has 4 aromatic rings. The molecule has 14 nitrogen and oxygen atoms in total. The van der Waals surface area contributed by atoms with Crippen LogP contribution in [-0.2, 0) is 19.1 Å². The van der Waals surface area contributed by atoms with Gasteiger partial charge in [0.1, 0.15) is 0 Å². The molecule has 3 fully saturated rings. The number of carbonyl (C=O) groups is 4. The van der Waals surface area contributed by atoms with E-state index in [4.69, 9.17) is 14.2 Å². The van der Waals surface area contributed by atoms with Crippen molar-refractivity contribution in [2.24, 2.45) is 29.6 Å². The summed E-state index contributed by atoms with van der Waals surface area (Å²) in [5.41, 5.74) is 1.89. The van der Waals surface area contributed by atoms with Crippen molar-refractivity contribution in [3.05, 3.63) is 103 Å². The van der Waals surface area contributed by atoms with Gasteiger partial charge in [-0.1, -0.05) is 17.4 Å². The average Bonchev–Trinajstić information content (AvgIpc) is 3.90. The third-order valence-corrected chi connectivity index (χ3v) is 13.3. The number of nitro benzene ring substituents is 1. The predicted molar refractivity (Wildman–Crippen MR) is 198 cm³/mol. The molecule has 1 aromatic heterocycles. The van der Waals surface area contributed by atoms with Crippen LogP contribution in [0.5, 0.6) is 11.5 Å². The molecular weight excluding hydrogens is 737 g/mol. The number of aromatic nitrogens is 1. The van der Waals surface area contributed by atoms with Crippen molar-refractivity contribution in [2.75, 3.05) is 30.0 Å². The molecule has 54 heavy (non-hydrogen) atoms. The number of carbonyl (C=O) groups excluding carboxylic acids is 4. The molecule has 2 aliphatic carbocycles. The SMILES string of the molecule is CCOC(=O)c1ccc(NC(=O)COc2ccc([C@H]3c4sc(=O)[nH]c4SC4C3[C@H]3C[C@@H]4C4C(=O)N(c5ccc([N+](=O)[O-])cc5)C(=O)C43)cc2OCC)cc1. The van der Waals surface area contributed by atoms with Crippen molar-refractivity contribution < 1.29 is 38.3 Å². The lowest BCUT2D eigenvalue weighted by Gasteiger charge is -2.43. The standard InChI is InChI=1S/C38H34N4O10S2/c1-3-50-26-15-19(7-14-25(26)52-17-27(43)39-20-8-5-18(6-9-20)37(46)51-4-2)28-29-23-16-24(32(29)53-34-33(28)54-38(47)40-34)31-30(23)35(44)41(36(31)45)21-10-12-22(13-11-21)42(48)49/h5-15,23-24,28-32H,3-4,16-17H2,1-2H3,(H,39,43)(H,40,47)/t23-,24-,28-,29?,30?,31?,32?/m1/s1. The molecule has 2 N–H and O–H groups in total. The Morgan fingerprint density at radius 1 is 0.926 bits per heavy atom. The van der Waals surface area contributed by atoms with Gasteiger partial charge in [-0.2, -0.15) is 0 Å². The predicted octanol–water partition coefficient (Wildman–Crippen LogP) is 5.62. The molecule has 3 heterocycles. The Morgan fingerprint density at radius 3 is 2.33 bits per heavy atom. The number of non-ortho nitro benzene ring substituents is 1. The summed E-state index contributed by atoms with van der Waals surface area (Å²) in [4.78, 5) is 81.2. The minimum atomic E-state index is -0.548. The molecular formula is C38H34N4O10S2. The van der Waals surface area contributed by atoms with Gasteiger partial charge in [-0.15, -0.1) is 11.8 Å². The highest BCUT2D eigenvalue weighted by Crippen LogP contribution is 2.69. The van der Waals surface area contributed by atoms with E-state index in [1.807, 2.05) is 19.1 Å². The number of nitro groups is 1. The highest BCUT2D eigenvalue weighted by atomic mass is 32.2. The number of hydrogen-bond donors (Lipinski definition) is 2. The summed E-state index contributed by atoms with van der Waals surface area (Å²) < 4.78 is 16.9. The highest BCUT2D eigenvalue weighted by Gasteiger charge is 2.69. The molecule has 4 aliphatic rings. The molecule has 3 amide bonds. The Kier molecular flexibility index (Phi) is 9.26. The summed E-state index contributed by atoms with van der Waals surface area (Å²) in [6.07, 6.45) is 0.694. The van der Waals surface area contributed by atoms with Gasteiger partial charge in [0.25, 0.3) is 11.6 Å². The molecule has 2 bridgehead atoms. The summed E-state index contributed by atoms with van der Waals surface area (Å²) in [7, 11) is 0. The molecule has 7 atom stereocenters. The average molecular weight is 771 g/mol. The Bertz CT molecular complexity index is 2240. The summed E-state index contributed by atoms with van der Waals surface area (Å²) in [5, 5.41) is 14.7. The van der Waals surface area contributed by atoms with Crippen LogP contribution in [0.3, 0.4) is 0 Å². The fourth-order valence-corrected chi connectivity index (χ4v) is 11.6. The molecule has 0 radical (unpaired) electrons. The number of nitrogens with zero attached hydrogens (tertiary/aromatic N) is 2. The van der Waals surface area contributed by atoms with Crippen molar-refractivity contribution >= 4 is 63.9 Å². The number of aromatic amines is 1. The Balaban J connectivity index is 1.04. The number of nitrogens with one attached hydrogen (secondary N) is 2. The number of thiazole rings is 1. The first-order valence-electron chi connectivity index (χ1n) is 17.6. The van der Waals surface area contributed by atoms with Crippen LogP contribution >= 0.6 is 23.1 Å². The number of hydrogen-bond acceptors (Lipinski definition) is 12. The van der Waals surface area contributed by atoms with Gasteiger partial charge in [0.05, 0.1) is 46.2 Å². The Hall–Kier alpha value is -5.48. The number of imide groups is 1. The molecule has 2 aliphatic heterocycles. The van der Waals surface area contributed by atoms with E-state index in [-0.39, 0.29) is 64.5 Å². The number of fused-ring (bicyclic) bond motifs is 9. The maximum absolute atomic E-state index is 14.1. The van der Waals surface area contributed by atoms with Gasteiger partial charge in [-0.05, 0) is 92.1 Å². The van der Waals surface area contributed by atoms with Crippen LogP contribution < -0.4 is 24.6 Å². The van der Waals surface area contributed by atoms with Gasteiger partial charge in [0.2, 0.25) is 11.8 Å². The Labute approximate surface area is 316 Å². The summed E-state index contributed by atoms with van der Waals surface area (Å²) >= 11 is 2.71. The lowest BCUT2D eigenvalue weighted by atomic mass is 9.68. The lowest BCUT2D eigenvalue weighted by molar-refractivity contribution is -0.384. The molecule has 1 saturated heterocycles. The van der Waals surface area contributed by atoms with E-state index in [9.17, 15) is 34.1 Å². The van der Waals surface area contributed by atoms with Crippen LogP contribution in [0.2, 0.25) is 0 Å². The lowest BCUT2D eigenvalue weighted by Crippen LogP contribution is -2.42. The second-order valence-corrected chi connectivity index (χ2v) is 15.7. The first-order valence-corrected chi connectivity index (χ1v) is 19.3. The van der Waals surface area contributed by atoms with E-state index in [0.29, 0.717) is 41.5 Å². The number of H-pyrrole nitrogens is 1. The zero-order valence-corrected chi connectivity index (χ0v) is 30.6. The summed E-state index contributed by atoms with van der Waals surface area (Å²) in [5.74, 6) is -2.37. The van der Waals surface area contributed by atoms with E-state index < -0.39 is 28.6 Å². The van der Waals surface area contributed by atoms with Gasteiger partial charge in [0.15, 0.2) is 18.1 Å². The van der Waals surface area contributed by atoms with Gasteiger partial charge >= 0.3 is 10.8 Å². The zero-order valence-electron chi connectivity index (χ0n) is 29.0. The van der Waals surface area contributed by atoms with E-state index in [1.54, 1.807) is 49.0 Å². The number of rotatable bonds is 11. The molecule has 0 spiro atoms. The number of anilines is 2. The highest BCUT2D eigenvalue weighted by molar-refractivity contribution is 8.00. The van der Waals surface area contributed by atoms with Gasteiger partial charge in [-0.25, -0.2) is 4.79 Å². The number of ether oxygens (including phenoxy) is 3. The molecule has 3 aromatic carbocycles. The van der Waals surface area contributed by atoms with Crippen molar-refractivity contribution in [1.82, 2.24) is 4.98 Å². The third kappa shape index (κ3) is 6.02. The van der Waals surface area contributed by atoms with Crippen LogP contribution in [-0.4, -0.2) is 58.7 Å². The third-order valence-electron chi connectivity index (χ3n) is 10.7. The van der Waals surface area contributed by atoms with Crippen molar-refractivity contribution in [3.8, 4) is 11.5 Å². The smallest absolute Gasteiger partial charge is 0.338 e. The first-order chi connectivity index (χ1) is 26.1. The van der Waals surface area contributed by atoms with Crippen molar-refractivity contribution in [2.45, 2.75) is 36.5 Å². The fraction of sp³-hybridized carbons (Fsp3) is 0.342. The number of benzene rings is 3. The maximum atomic E-state index is 14.1. The number of thioether (sulfide) groups is 1. The minimum absolute atomic E-state index is 0.0471.